The van der Waals surface area contributed by atoms with Crippen molar-refractivity contribution in [1.29, 1.82) is 0 Å². The maximum atomic E-state index is 2.36. The lowest BCUT2D eigenvalue weighted by molar-refractivity contribution is 0.360. The third-order valence-electron chi connectivity index (χ3n) is 3.20. The second-order valence-corrected chi connectivity index (χ2v) is 4.68. The molecular formula is C14H23N. The van der Waals surface area contributed by atoms with E-state index < -0.39 is 0 Å². The summed E-state index contributed by atoms with van der Waals surface area (Å²) in [6.45, 7) is 10.1. The molecule has 0 radical (unpaired) electrons. The molecule has 15 heavy (non-hydrogen) atoms. The fourth-order valence-corrected chi connectivity index (χ4v) is 2.25. The molecule has 0 aromatic heterocycles. The summed E-state index contributed by atoms with van der Waals surface area (Å²) in [5, 5.41) is 0. The first-order chi connectivity index (χ1) is 7.07. The van der Waals surface area contributed by atoms with Crippen molar-refractivity contribution in [3.63, 3.8) is 0 Å². The maximum Gasteiger partial charge on any atom is 0.0356 e. The van der Waals surface area contributed by atoms with Crippen LogP contribution in [-0.4, -0.2) is 18.5 Å². The van der Waals surface area contributed by atoms with E-state index in [1.807, 2.05) is 6.92 Å². The predicted molar refractivity (Wildman–Crippen MR) is 67.6 cm³/mol. The van der Waals surface area contributed by atoms with Crippen molar-refractivity contribution in [2.24, 2.45) is 11.8 Å². The zero-order valence-electron chi connectivity index (χ0n) is 10.6. The molecule has 0 N–H and O–H groups in total. The van der Waals surface area contributed by atoms with Gasteiger partial charge in [0, 0.05) is 25.2 Å². The van der Waals surface area contributed by atoms with Gasteiger partial charge in [-0.2, -0.15) is 0 Å². The van der Waals surface area contributed by atoms with Crippen LogP contribution in [0.3, 0.4) is 0 Å². The smallest absolute Gasteiger partial charge is 0.0356 e. The topological polar surface area (TPSA) is 3.24 Å². The van der Waals surface area contributed by atoms with Crippen LogP contribution in [-0.2, 0) is 0 Å². The highest BCUT2D eigenvalue weighted by atomic mass is 15.1. The first kappa shape index (κ1) is 12.1. The van der Waals surface area contributed by atoms with Gasteiger partial charge < -0.3 is 4.90 Å². The van der Waals surface area contributed by atoms with Gasteiger partial charge in [-0.3, -0.25) is 0 Å². The summed E-state index contributed by atoms with van der Waals surface area (Å²) >= 11 is 0. The quantitative estimate of drug-likeness (QED) is 0.636. The zero-order chi connectivity index (χ0) is 11.4. The Balaban J connectivity index is 2.84. The van der Waals surface area contributed by atoms with E-state index >= 15 is 0 Å². The van der Waals surface area contributed by atoms with Crippen LogP contribution < -0.4 is 0 Å². The van der Waals surface area contributed by atoms with E-state index in [9.17, 15) is 0 Å². The molecule has 0 amide bonds. The van der Waals surface area contributed by atoms with Crippen LogP contribution in [0.5, 0.6) is 0 Å². The van der Waals surface area contributed by atoms with Crippen molar-refractivity contribution in [2.75, 3.05) is 13.6 Å². The van der Waals surface area contributed by atoms with Crippen molar-refractivity contribution in [3.8, 4) is 0 Å². The molecule has 1 aliphatic rings. The summed E-state index contributed by atoms with van der Waals surface area (Å²) in [7, 11) is 2.18. The lowest BCUT2D eigenvalue weighted by atomic mass is 9.90. The monoisotopic (exact) mass is 205 g/mol. The Morgan fingerprint density at radius 3 is 2.47 bits per heavy atom. The van der Waals surface area contributed by atoms with Crippen molar-refractivity contribution in [1.82, 2.24) is 4.90 Å². The zero-order valence-corrected chi connectivity index (χ0v) is 10.6. The molecular weight excluding hydrogens is 182 g/mol. The van der Waals surface area contributed by atoms with Crippen molar-refractivity contribution in [2.45, 2.75) is 27.7 Å². The van der Waals surface area contributed by atoms with Gasteiger partial charge in [0.15, 0.2) is 0 Å². The molecule has 0 saturated heterocycles. The van der Waals surface area contributed by atoms with E-state index in [2.05, 4.69) is 57.0 Å². The van der Waals surface area contributed by atoms with Gasteiger partial charge in [-0.25, -0.2) is 0 Å². The highest BCUT2D eigenvalue weighted by molar-refractivity contribution is 5.31. The van der Waals surface area contributed by atoms with Crippen LogP contribution in [0.25, 0.3) is 0 Å². The minimum atomic E-state index is 0.722. The summed E-state index contributed by atoms with van der Waals surface area (Å²) < 4.78 is 0. The Kier molecular flexibility index (Phi) is 4.19. The Hall–Kier alpha value is -0.980. The van der Waals surface area contributed by atoms with E-state index in [0.29, 0.717) is 0 Å². The van der Waals surface area contributed by atoms with E-state index in [0.717, 1.165) is 11.8 Å². The molecule has 0 saturated carbocycles. The number of rotatable bonds is 3. The minimum absolute atomic E-state index is 0.722. The van der Waals surface area contributed by atoms with Crippen molar-refractivity contribution in [3.05, 3.63) is 35.6 Å². The molecule has 1 aliphatic heterocycles. The molecule has 0 bridgehead atoms. The number of allylic oxidation sites excluding steroid dienone is 4. The molecule has 1 heterocycles. The van der Waals surface area contributed by atoms with Gasteiger partial charge in [-0.15, -0.1) is 0 Å². The number of likely N-dealkylation sites (N-methyl/N-ethyl adjacent to an activating group) is 1. The van der Waals surface area contributed by atoms with Gasteiger partial charge in [0.2, 0.25) is 0 Å². The van der Waals surface area contributed by atoms with Crippen molar-refractivity contribution >= 4 is 0 Å². The molecule has 1 unspecified atom stereocenters. The molecule has 0 fully saturated rings. The molecule has 0 aliphatic carbocycles. The van der Waals surface area contributed by atoms with E-state index in [-0.39, 0.29) is 0 Å². The SMILES string of the molecule is C/C=C\C=C/C1=C(C)C(C(C)C)CN1C. The average molecular weight is 205 g/mol. The van der Waals surface area contributed by atoms with Crippen LogP contribution in [0.4, 0.5) is 0 Å². The molecule has 0 spiro atoms. The first-order valence-corrected chi connectivity index (χ1v) is 5.79. The lowest BCUT2D eigenvalue weighted by Gasteiger charge is -2.17. The van der Waals surface area contributed by atoms with Gasteiger partial charge in [-0.05, 0) is 31.4 Å². The lowest BCUT2D eigenvalue weighted by Crippen LogP contribution is -2.19. The molecule has 0 aromatic carbocycles. The standard InChI is InChI=1S/C14H23N/c1-6-7-8-9-14-12(4)13(11(2)3)10-15(14)5/h6-9,11,13H,10H2,1-5H3/b7-6-,9-8-. The highest BCUT2D eigenvalue weighted by Gasteiger charge is 2.26. The molecule has 1 rings (SSSR count). The van der Waals surface area contributed by atoms with E-state index in [4.69, 9.17) is 0 Å². The third-order valence-corrected chi connectivity index (χ3v) is 3.20. The summed E-state index contributed by atoms with van der Waals surface area (Å²) in [4.78, 5) is 2.36. The Labute approximate surface area is 94.2 Å². The number of hydrogen-bond donors (Lipinski definition) is 0. The predicted octanol–water partition coefficient (Wildman–Crippen LogP) is 3.61. The first-order valence-electron chi connectivity index (χ1n) is 5.79. The average Bonchev–Trinajstić information content (AvgIpc) is 2.45. The normalized spacial score (nSPS) is 23.1. The highest BCUT2D eigenvalue weighted by Crippen LogP contribution is 2.32. The van der Waals surface area contributed by atoms with Crippen LogP contribution in [0.15, 0.2) is 35.6 Å². The fraction of sp³-hybridized carbons (Fsp3) is 0.571. The molecule has 1 atom stereocenters. The van der Waals surface area contributed by atoms with Crippen LogP contribution in [0, 0.1) is 11.8 Å². The van der Waals surface area contributed by atoms with Crippen LogP contribution in [0.2, 0.25) is 0 Å². The summed E-state index contributed by atoms with van der Waals surface area (Å²) in [5.74, 6) is 1.46. The minimum Gasteiger partial charge on any atom is -0.374 e. The molecule has 84 valence electrons. The number of nitrogens with zero attached hydrogens (tertiary/aromatic N) is 1. The van der Waals surface area contributed by atoms with Crippen LogP contribution >= 0.6 is 0 Å². The Morgan fingerprint density at radius 2 is 2.00 bits per heavy atom. The second kappa shape index (κ2) is 5.20. The van der Waals surface area contributed by atoms with Gasteiger partial charge in [0.25, 0.3) is 0 Å². The molecule has 0 aromatic rings. The van der Waals surface area contributed by atoms with E-state index in [1.54, 1.807) is 0 Å². The molecule has 1 heteroatoms. The van der Waals surface area contributed by atoms with E-state index in [1.165, 1.54) is 17.8 Å². The maximum absolute atomic E-state index is 2.36. The van der Waals surface area contributed by atoms with Gasteiger partial charge >= 0.3 is 0 Å². The summed E-state index contributed by atoms with van der Waals surface area (Å²) in [6.07, 6.45) is 8.48. The van der Waals surface area contributed by atoms with Crippen LogP contribution in [0.1, 0.15) is 27.7 Å². The molecule has 1 nitrogen and oxygen atoms in total. The third kappa shape index (κ3) is 2.74. The fourth-order valence-electron chi connectivity index (χ4n) is 2.25. The largest absolute Gasteiger partial charge is 0.374 e. The second-order valence-electron chi connectivity index (χ2n) is 4.68. The van der Waals surface area contributed by atoms with Gasteiger partial charge in [-0.1, -0.05) is 32.1 Å². The van der Waals surface area contributed by atoms with Crippen molar-refractivity contribution < 1.29 is 0 Å². The summed E-state index contributed by atoms with van der Waals surface area (Å²) in [6, 6.07) is 0. The Bertz CT molecular complexity index is 294. The van der Waals surface area contributed by atoms with Gasteiger partial charge in [0.05, 0.1) is 0 Å². The summed E-state index contributed by atoms with van der Waals surface area (Å²) in [5.41, 5.74) is 2.93. The Morgan fingerprint density at radius 1 is 1.33 bits per heavy atom. The van der Waals surface area contributed by atoms with Gasteiger partial charge in [0.1, 0.15) is 0 Å². The number of hydrogen-bond acceptors (Lipinski definition) is 1.